The Balaban J connectivity index is 1.42. The Morgan fingerprint density at radius 3 is 1.10 bits per heavy atom. The standard InChI is InChI=1S/C37H28ClN9O20S6/c1-15-3-5-21(25(7-15)70(56,57)58)44-46-31-27(72(62,63)64)11-17-9-19(68(50,51)52)13-23(29(17)33(31)48)39-36-41-35(38)42-37(43-36)40-24-14-20(69(53,54)55)10-18-12-28(73(65,66)67)32(34(49)30(18)24)47-45-22-6-4-16(2)8-26(22)71(59,60)61/h3-14,48-49H,1-2H3,(H,50,51,52)(H,53,54,55)(H,56,57,58)(H,59,60,61)(H,62,63,64)(H,65,66,67)(H2,39,40,41,42,43). The van der Waals surface area contributed by atoms with Gasteiger partial charge in [0.05, 0.1) is 21.2 Å². The molecule has 7 aromatic rings. The van der Waals surface area contributed by atoms with Gasteiger partial charge in [0.25, 0.3) is 60.7 Å². The second-order valence-corrected chi connectivity index (χ2v) is 23.7. The average molecular weight is 1150 g/mol. The summed E-state index contributed by atoms with van der Waals surface area (Å²) >= 11 is 6.21. The lowest BCUT2D eigenvalue weighted by molar-refractivity contribution is 0.471. The molecule has 6 aromatic carbocycles. The molecule has 0 unspecified atom stereocenters. The summed E-state index contributed by atoms with van der Waals surface area (Å²) in [6.07, 6.45) is 0. The SMILES string of the molecule is Cc1ccc(N=Nc2c(S(=O)(=O)O)cc3cc(S(=O)(=O)O)cc(Nc4nc(Cl)nc(Nc5cc(S(=O)(=O)O)cc6cc(S(=O)(=O)O)c(N=Nc7ccc(C)cc7S(=O)(=O)O)c(O)c56)n4)c3c2O)c(S(=O)(=O)O)c1. The third-order valence-electron chi connectivity index (χ3n) is 9.80. The fraction of sp³-hybridized carbons (Fsp3) is 0.0541. The van der Waals surface area contributed by atoms with E-state index in [4.69, 9.17) is 11.6 Å². The Labute approximate surface area is 415 Å². The Kier molecular flexibility index (Phi) is 13.9. The number of phenols is 2. The lowest BCUT2D eigenvalue weighted by atomic mass is 10.1. The van der Waals surface area contributed by atoms with E-state index in [-0.39, 0.29) is 0 Å². The Hall–Kier alpha value is -7.00. The van der Waals surface area contributed by atoms with Crippen LogP contribution >= 0.6 is 11.6 Å². The molecule has 0 aliphatic carbocycles. The lowest BCUT2D eigenvalue weighted by Crippen LogP contribution is -2.07. The second kappa shape index (κ2) is 18.8. The molecule has 0 aliphatic rings. The number of aromatic hydroxyl groups is 2. The van der Waals surface area contributed by atoms with E-state index in [0.29, 0.717) is 47.5 Å². The molecule has 10 N–H and O–H groups in total. The van der Waals surface area contributed by atoms with Crippen LogP contribution in [0.1, 0.15) is 11.1 Å². The molecule has 0 fully saturated rings. The molecule has 0 amide bonds. The van der Waals surface area contributed by atoms with E-state index in [0.717, 1.165) is 24.3 Å². The van der Waals surface area contributed by atoms with E-state index in [1.165, 1.54) is 26.0 Å². The first-order chi connectivity index (χ1) is 33.5. The largest absolute Gasteiger partial charge is 0.505 e. The number of halogens is 1. The topological polar surface area (TPSA) is 479 Å². The average Bonchev–Trinajstić information content (AvgIpc) is 3.23. The first-order valence-electron chi connectivity index (χ1n) is 19.0. The van der Waals surface area contributed by atoms with Gasteiger partial charge < -0.3 is 20.8 Å². The van der Waals surface area contributed by atoms with Gasteiger partial charge in [-0.1, -0.05) is 12.1 Å². The molecule has 36 heteroatoms. The van der Waals surface area contributed by atoms with Crippen LogP contribution in [0.25, 0.3) is 21.5 Å². The van der Waals surface area contributed by atoms with Gasteiger partial charge >= 0.3 is 0 Å². The quantitative estimate of drug-likeness (QED) is 0.0402. The number of hydrogen-bond donors (Lipinski definition) is 10. The van der Waals surface area contributed by atoms with Gasteiger partial charge in [-0.15, -0.1) is 20.5 Å². The summed E-state index contributed by atoms with van der Waals surface area (Å²) in [5.41, 5.74) is -4.14. The van der Waals surface area contributed by atoms with Crippen LogP contribution in [0.5, 0.6) is 11.5 Å². The normalized spacial score (nSPS) is 13.1. The highest BCUT2D eigenvalue weighted by Gasteiger charge is 2.29. The molecule has 0 saturated heterocycles. The number of rotatable bonds is 14. The fourth-order valence-electron chi connectivity index (χ4n) is 6.73. The Morgan fingerprint density at radius 1 is 0.438 bits per heavy atom. The molecule has 0 bridgehead atoms. The van der Waals surface area contributed by atoms with Gasteiger partial charge in [0.1, 0.15) is 42.3 Å². The minimum atomic E-state index is -5.45. The smallest absolute Gasteiger partial charge is 0.296 e. The predicted octanol–water partition coefficient (Wildman–Crippen LogP) is 6.66. The summed E-state index contributed by atoms with van der Waals surface area (Å²) in [5.74, 6) is -4.00. The summed E-state index contributed by atoms with van der Waals surface area (Å²) in [6, 6.07) is 10.3. The van der Waals surface area contributed by atoms with Gasteiger partial charge in [0, 0.05) is 10.8 Å². The number of phenolic OH excluding ortho intramolecular Hbond substituents is 2. The number of fused-ring (bicyclic) bond motifs is 2. The van der Waals surface area contributed by atoms with Crippen molar-refractivity contribution in [3.8, 4) is 11.5 Å². The number of nitrogens with zero attached hydrogens (tertiary/aromatic N) is 7. The van der Waals surface area contributed by atoms with Crippen LogP contribution in [0.15, 0.2) is 123 Å². The van der Waals surface area contributed by atoms with Gasteiger partial charge in [-0.3, -0.25) is 27.3 Å². The van der Waals surface area contributed by atoms with Crippen molar-refractivity contribution in [2.75, 3.05) is 10.6 Å². The number of nitrogens with one attached hydrogen (secondary N) is 2. The van der Waals surface area contributed by atoms with Crippen LogP contribution in [0.3, 0.4) is 0 Å². The van der Waals surface area contributed by atoms with E-state index in [9.17, 15) is 88.0 Å². The van der Waals surface area contributed by atoms with Crippen LogP contribution in [0, 0.1) is 13.8 Å². The molecular weight excluding hydrogens is 1120 g/mol. The van der Waals surface area contributed by atoms with Crippen molar-refractivity contribution in [3.05, 3.63) is 89.2 Å². The van der Waals surface area contributed by atoms with Crippen LogP contribution in [-0.2, 0) is 60.7 Å². The van der Waals surface area contributed by atoms with E-state index in [1.807, 2.05) is 0 Å². The van der Waals surface area contributed by atoms with Gasteiger partial charge in [-0.25, -0.2) is 0 Å². The number of anilines is 4. The number of hydrogen-bond acceptors (Lipinski definition) is 23. The van der Waals surface area contributed by atoms with Crippen LogP contribution in [-0.4, -0.2) is 103 Å². The lowest BCUT2D eigenvalue weighted by Gasteiger charge is -2.16. The zero-order valence-electron chi connectivity index (χ0n) is 35.9. The van der Waals surface area contributed by atoms with Crippen molar-refractivity contribution >= 4 is 140 Å². The molecule has 29 nitrogen and oxygen atoms in total. The molecule has 0 atom stereocenters. The van der Waals surface area contributed by atoms with E-state index in [2.05, 4.69) is 46.0 Å². The van der Waals surface area contributed by atoms with E-state index < -0.39 is 174 Å². The number of benzene rings is 6. The summed E-state index contributed by atoms with van der Waals surface area (Å²) in [5, 5.41) is 39.5. The molecule has 1 aromatic heterocycles. The number of aryl methyl sites for hydroxylation is 2. The minimum absolute atomic E-state index is 0.306. The van der Waals surface area contributed by atoms with E-state index >= 15 is 0 Å². The molecule has 0 aliphatic heterocycles. The Morgan fingerprint density at radius 2 is 0.781 bits per heavy atom. The summed E-state index contributed by atoms with van der Waals surface area (Å²) in [7, 11) is -31.4. The van der Waals surface area contributed by atoms with Crippen molar-refractivity contribution in [2.45, 2.75) is 43.2 Å². The Bertz CT molecular complexity index is 4060. The second-order valence-electron chi connectivity index (χ2n) is 15.0. The minimum Gasteiger partial charge on any atom is -0.505 e. The van der Waals surface area contributed by atoms with Gasteiger partial charge in [0.2, 0.25) is 17.2 Å². The number of azo groups is 2. The maximum absolute atomic E-state index is 12.7. The first kappa shape index (κ1) is 53.8. The molecular formula is C37H28ClN9O20S6. The highest BCUT2D eigenvalue weighted by molar-refractivity contribution is 7.87. The molecule has 384 valence electrons. The molecule has 0 radical (unpaired) electrons. The third-order valence-corrected chi connectivity index (χ3v) is 15.1. The van der Waals surface area contributed by atoms with Crippen molar-refractivity contribution in [3.63, 3.8) is 0 Å². The van der Waals surface area contributed by atoms with Gasteiger partial charge in [0.15, 0.2) is 11.5 Å². The summed E-state index contributed by atoms with van der Waals surface area (Å²) < 4.78 is 209. The zero-order valence-corrected chi connectivity index (χ0v) is 41.5. The van der Waals surface area contributed by atoms with Gasteiger partial charge in [-0.05, 0) is 108 Å². The van der Waals surface area contributed by atoms with Gasteiger partial charge in [-0.2, -0.15) is 65.5 Å². The highest BCUT2D eigenvalue weighted by atomic mass is 35.5. The van der Waals surface area contributed by atoms with Crippen LogP contribution in [0.4, 0.5) is 46.0 Å². The maximum Gasteiger partial charge on any atom is 0.296 e. The first-order valence-corrected chi connectivity index (χ1v) is 28.1. The molecule has 0 spiro atoms. The van der Waals surface area contributed by atoms with Crippen LogP contribution < -0.4 is 10.6 Å². The number of aromatic nitrogens is 3. The molecule has 0 saturated carbocycles. The van der Waals surface area contributed by atoms with Crippen molar-refractivity contribution in [1.82, 2.24) is 15.0 Å². The maximum atomic E-state index is 12.7. The van der Waals surface area contributed by atoms with Crippen LogP contribution in [0.2, 0.25) is 5.28 Å². The van der Waals surface area contributed by atoms with Crippen molar-refractivity contribution < 1.29 is 88.0 Å². The monoisotopic (exact) mass is 1140 g/mol. The zero-order chi connectivity index (χ0) is 54.1. The molecule has 7 rings (SSSR count). The van der Waals surface area contributed by atoms with Crippen molar-refractivity contribution in [1.29, 1.82) is 0 Å². The van der Waals surface area contributed by atoms with Crippen molar-refractivity contribution in [2.24, 2.45) is 20.5 Å². The molecule has 73 heavy (non-hydrogen) atoms. The molecule has 1 heterocycles. The highest BCUT2D eigenvalue weighted by Crippen LogP contribution is 2.48. The third kappa shape index (κ3) is 11.6. The van der Waals surface area contributed by atoms with E-state index in [1.54, 1.807) is 0 Å². The summed E-state index contributed by atoms with van der Waals surface area (Å²) in [4.78, 5) is 5.54. The fourth-order valence-corrected chi connectivity index (χ4v) is 10.7. The predicted molar refractivity (Wildman–Crippen MR) is 252 cm³/mol. The summed E-state index contributed by atoms with van der Waals surface area (Å²) in [6.45, 7) is 2.89.